The van der Waals surface area contributed by atoms with Gasteiger partial charge in [0, 0.05) is 32.2 Å². The highest BCUT2D eigenvalue weighted by Gasteiger charge is 2.28. The van der Waals surface area contributed by atoms with E-state index in [4.69, 9.17) is 9.47 Å². The molecular weight excluding hydrogens is 336 g/mol. The monoisotopic (exact) mass is 364 g/mol. The van der Waals surface area contributed by atoms with Crippen molar-refractivity contribution in [3.8, 4) is 11.5 Å². The first-order valence-corrected chi connectivity index (χ1v) is 10.3. The number of fused-ring (bicyclic) bond motifs is 2. The average Bonchev–Trinajstić information content (AvgIpc) is 2.73. The smallest absolute Gasteiger partial charge is 0.161 e. The van der Waals surface area contributed by atoms with Crippen molar-refractivity contribution in [3.05, 3.63) is 59.2 Å². The summed E-state index contributed by atoms with van der Waals surface area (Å²) in [6, 6.07) is 16.0. The second-order valence-electron chi connectivity index (χ2n) is 8.00. The summed E-state index contributed by atoms with van der Waals surface area (Å²) in [5.41, 5.74) is 4.38. The Hall–Kier alpha value is -2.04. The lowest BCUT2D eigenvalue weighted by atomic mass is 9.96. The van der Waals surface area contributed by atoms with Crippen LogP contribution in [0.1, 0.15) is 29.5 Å². The van der Waals surface area contributed by atoms with Gasteiger partial charge in [-0.2, -0.15) is 0 Å². The van der Waals surface area contributed by atoms with Crippen LogP contribution in [0.3, 0.4) is 0 Å². The molecule has 3 aliphatic rings. The number of likely N-dealkylation sites (tertiary alicyclic amines) is 1. The van der Waals surface area contributed by atoms with Gasteiger partial charge in [0.1, 0.15) is 13.2 Å². The van der Waals surface area contributed by atoms with E-state index in [1.165, 1.54) is 49.0 Å². The SMILES string of the molecule is c1ccc2c(c1)CCN(C1CCCN(Cc3ccc4c(c3)OCCO4)C1)C2. The normalized spacial score (nSPS) is 23.0. The van der Waals surface area contributed by atoms with Gasteiger partial charge >= 0.3 is 0 Å². The van der Waals surface area contributed by atoms with Crippen molar-refractivity contribution < 1.29 is 9.47 Å². The maximum atomic E-state index is 5.75. The molecule has 0 bridgehead atoms. The Morgan fingerprint density at radius 2 is 1.78 bits per heavy atom. The number of hydrogen-bond acceptors (Lipinski definition) is 4. The van der Waals surface area contributed by atoms with E-state index in [1.807, 2.05) is 0 Å². The van der Waals surface area contributed by atoms with E-state index in [1.54, 1.807) is 0 Å². The molecule has 2 aromatic carbocycles. The standard InChI is InChI=1S/C23H28N2O2/c1-2-5-20-16-25(11-9-19(20)4-1)21-6-3-10-24(17-21)15-18-7-8-22-23(14-18)27-13-12-26-22/h1-2,4-5,7-8,14,21H,3,6,9-13,15-17H2. The van der Waals surface area contributed by atoms with E-state index in [0.29, 0.717) is 19.3 Å². The third kappa shape index (κ3) is 3.69. The van der Waals surface area contributed by atoms with Crippen LogP contribution in [0, 0.1) is 0 Å². The molecule has 1 fully saturated rings. The lowest BCUT2D eigenvalue weighted by Crippen LogP contribution is -2.49. The van der Waals surface area contributed by atoms with Crippen LogP contribution in [0.5, 0.6) is 11.5 Å². The molecule has 0 aliphatic carbocycles. The van der Waals surface area contributed by atoms with E-state index in [2.05, 4.69) is 52.3 Å². The predicted molar refractivity (Wildman–Crippen MR) is 106 cm³/mol. The second-order valence-corrected chi connectivity index (χ2v) is 8.00. The van der Waals surface area contributed by atoms with E-state index >= 15 is 0 Å². The average molecular weight is 364 g/mol. The summed E-state index contributed by atoms with van der Waals surface area (Å²) in [7, 11) is 0. The molecule has 3 heterocycles. The Morgan fingerprint density at radius 1 is 0.926 bits per heavy atom. The van der Waals surface area contributed by atoms with Gasteiger partial charge in [-0.1, -0.05) is 30.3 Å². The van der Waals surface area contributed by atoms with E-state index in [0.717, 1.165) is 31.1 Å². The zero-order valence-corrected chi connectivity index (χ0v) is 15.9. The molecule has 1 unspecified atom stereocenters. The lowest BCUT2D eigenvalue weighted by Gasteiger charge is -2.41. The van der Waals surface area contributed by atoms with Crippen LogP contribution < -0.4 is 9.47 Å². The number of piperidine rings is 1. The quantitative estimate of drug-likeness (QED) is 0.832. The van der Waals surface area contributed by atoms with Crippen LogP contribution in [0.2, 0.25) is 0 Å². The van der Waals surface area contributed by atoms with Crippen molar-refractivity contribution in [3.63, 3.8) is 0 Å². The number of hydrogen-bond donors (Lipinski definition) is 0. The van der Waals surface area contributed by atoms with Crippen LogP contribution >= 0.6 is 0 Å². The molecule has 4 heteroatoms. The topological polar surface area (TPSA) is 24.9 Å². The lowest BCUT2D eigenvalue weighted by molar-refractivity contribution is 0.0837. The Bertz CT molecular complexity index is 807. The molecule has 0 amide bonds. The van der Waals surface area contributed by atoms with Crippen molar-refractivity contribution in [1.82, 2.24) is 9.80 Å². The van der Waals surface area contributed by atoms with Gasteiger partial charge < -0.3 is 9.47 Å². The molecular formula is C23H28N2O2. The Labute approximate surface area is 161 Å². The Morgan fingerprint density at radius 3 is 2.70 bits per heavy atom. The molecule has 0 N–H and O–H groups in total. The number of ether oxygens (including phenoxy) is 2. The van der Waals surface area contributed by atoms with Gasteiger partial charge in [0.15, 0.2) is 11.5 Å². The highest BCUT2D eigenvalue weighted by Crippen LogP contribution is 2.32. The fourth-order valence-corrected chi connectivity index (χ4v) is 4.75. The van der Waals surface area contributed by atoms with Crippen LogP contribution in [0.25, 0.3) is 0 Å². The molecule has 1 atom stereocenters. The first-order chi connectivity index (χ1) is 13.3. The van der Waals surface area contributed by atoms with Crippen LogP contribution in [0.15, 0.2) is 42.5 Å². The second kappa shape index (κ2) is 7.53. The van der Waals surface area contributed by atoms with Crippen molar-refractivity contribution in [2.45, 2.75) is 38.4 Å². The maximum absolute atomic E-state index is 5.75. The molecule has 0 spiro atoms. The zero-order valence-electron chi connectivity index (χ0n) is 15.9. The molecule has 0 aromatic heterocycles. The molecule has 142 valence electrons. The molecule has 0 saturated carbocycles. The molecule has 3 aliphatic heterocycles. The summed E-state index contributed by atoms with van der Waals surface area (Å²) in [6.45, 7) is 6.96. The minimum absolute atomic E-state index is 0.651. The first kappa shape index (κ1) is 17.1. The first-order valence-electron chi connectivity index (χ1n) is 10.3. The highest BCUT2D eigenvalue weighted by atomic mass is 16.6. The fraction of sp³-hybridized carbons (Fsp3) is 0.478. The van der Waals surface area contributed by atoms with E-state index in [-0.39, 0.29) is 0 Å². The van der Waals surface area contributed by atoms with Crippen molar-refractivity contribution in [2.24, 2.45) is 0 Å². The summed E-state index contributed by atoms with van der Waals surface area (Å²) in [4.78, 5) is 5.32. The van der Waals surface area contributed by atoms with Gasteiger partial charge in [0.05, 0.1) is 0 Å². The van der Waals surface area contributed by atoms with Crippen LogP contribution in [0.4, 0.5) is 0 Å². The van der Waals surface area contributed by atoms with E-state index in [9.17, 15) is 0 Å². The van der Waals surface area contributed by atoms with Crippen molar-refractivity contribution in [1.29, 1.82) is 0 Å². The van der Waals surface area contributed by atoms with Crippen molar-refractivity contribution in [2.75, 3.05) is 32.8 Å². The molecule has 1 saturated heterocycles. The summed E-state index contributed by atoms with van der Waals surface area (Å²) in [5, 5.41) is 0. The minimum atomic E-state index is 0.651. The number of benzene rings is 2. The maximum Gasteiger partial charge on any atom is 0.161 e. The largest absolute Gasteiger partial charge is 0.486 e. The molecule has 4 nitrogen and oxygen atoms in total. The third-order valence-electron chi connectivity index (χ3n) is 6.17. The Balaban J connectivity index is 1.24. The predicted octanol–water partition coefficient (Wildman–Crippen LogP) is 3.48. The van der Waals surface area contributed by atoms with Gasteiger partial charge in [-0.15, -0.1) is 0 Å². The summed E-state index contributed by atoms with van der Waals surface area (Å²) >= 11 is 0. The Kier molecular flexibility index (Phi) is 4.76. The fourth-order valence-electron chi connectivity index (χ4n) is 4.75. The van der Waals surface area contributed by atoms with Gasteiger partial charge in [-0.25, -0.2) is 0 Å². The molecule has 5 rings (SSSR count). The van der Waals surface area contributed by atoms with Gasteiger partial charge in [-0.05, 0) is 54.6 Å². The summed E-state index contributed by atoms with van der Waals surface area (Å²) in [6.07, 6.45) is 3.79. The third-order valence-corrected chi connectivity index (χ3v) is 6.17. The molecule has 0 radical (unpaired) electrons. The van der Waals surface area contributed by atoms with E-state index < -0.39 is 0 Å². The summed E-state index contributed by atoms with van der Waals surface area (Å²) < 4.78 is 11.4. The number of rotatable bonds is 3. The highest BCUT2D eigenvalue weighted by molar-refractivity contribution is 5.43. The van der Waals surface area contributed by atoms with Crippen LogP contribution in [-0.2, 0) is 19.5 Å². The van der Waals surface area contributed by atoms with Gasteiger partial charge in [0.2, 0.25) is 0 Å². The molecule has 27 heavy (non-hydrogen) atoms. The molecule has 2 aromatic rings. The van der Waals surface area contributed by atoms with Gasteiger partial charge in [-0.3, -0.25) is 9.80 Å². The minimum Gasteiger partial charge on any atom is -0.486 e. The van der Waals surface area contributed by atoms with Gasteiger partial charge in [0.25, 0.3) is 0 Å². The number of nitrogens with zero attached hydrogens (tertiary/aromatic N) is 2. The summed E-state index contributed by atoms with van der Waals surface area (Å²) in [5.74, 6) is 1.79. The van der Waals surface area contributed by atoms with Crippen LogP contribution in [-0.4, -0.2) is 48.7 Å². The van der Waals surface area contributed by atoms with Crippen molar-refractivity contribution >= 4 is 0 Å². The zero-order chi connectivity index (χ0) is 18.1.